The van der Waals surface area contributed by atoms with Crippen LogP contribution in [0.3, 0.4) is 0 Å². The number of pyridine rings is 1. The topological polar surface area (TPSA) is 121 Å². The molecule has 0 bridgehead atoms. The van der Waals surface area contributed by atoms with Gasteiger partial charge in [-0.1, -0.05) is 6.42 Å². The molecule has 1 saturated carbocycles. The molecule has 1 aliphatic carbocycles. The van der Waals surface area contributed by atoms with E-state index in [0.717, 1.165) is 12.0 Å². The Bertz CT molecular complexity index is 694. The fourth-order valence-electron chi connectivity index (χ4n) is 2.41. The number of aromatic nitrogens is 4. The Hall–Kier alpha value is -2.77. The summed E-state index contributed by atoms with van der Waals surface area (Å²) in [6.07, 6.45) is 4.80. The highest BCUT2D eigenvalue weighted by Crippen LogP contribution is 2.41. The van der Waals surface area contributed by atoms with Gasteiger partial charge < -0.3 is 10.4 Å². The second kappa shape index (κ2) is 5.55. The van der Waals surface area contributed by atoms with Gasteiger partial charge in [0.15, 0.2) is 5.82 Å². The first kappa shape index (κ1) is 14.2. The van der Waals surface area contributed by atoms with Crippen molar-refractivity contribution >= 4 is 11.9 Å². The van der Waals surface area contributed by atoms with Crippen molar-refractivity contribution in [3.63, 3.8) is 0 Å². The first-order valence-electron chi connectivity index (χ1n) is 6.95. The third-order valence-electron chi connectivity index (χ3n) is 3.94. The molecule has 1 amide bonds. The van der Waals surface area contributed by atoms with Crippen LogP contribution < -0.4 is 5.32 Å². The van der Waals surface area contributed by atoms with E-state index in [1.807, 2.05) is 0 Å². The SMILES string of the molecule is O=C(O)C1(C(=O)NCc2nc(-c3ccncc3)n[nH]2)CCC1. The number of carbonyl (C=O) groups excluding carboxylic acids is 1. The van der Waals surface area contributed by atoms with Gasteiger partial charge in [0, 0.05) is 18.0 Å². The van der Waals surface area contributed by atoms with Crippen molar-refractivity contribution in [3.8, 4) is 11.4 Å². The number of aliphatic carboxylic acids is 1. The van der Waals surface area contributed by atoms with Gasteiger partial charge in [-0.25, -0.2) is 4.98 Å². The van der Waals surface area contributed by atoms with Crippen LogP contribution in [0.5, 0.6) is 0 Å². The number of aromatic amines is 1. The average molecular weight is 301 g/mol. The van der Waals surface area contributed by atoms with Crippen molar-refractivity contribution in [2.75, 3.05) is 0 Å². The maximum atomic E-state index is 12.1. The molecule has 3 N–H and O–H groups in total. The van der Waals surface area contributed by atoms with E-state index in [9.17, 15) is 14.7 Å². The molecule has 1 fully saturated rings. The smallest absolute Gasteiger partial charge is 0.319 e. The number of carboxylic acid groups (broad SMARTS) is 1. The molecule has 114 valence electrons. The molecule has 0 atom stereocenters. The Morgan fingerprint density at radius 2 is 2.05 bits per heavy atom. The molecule has 22 heavy (non-hydrogen) atoms. The van der Waals surface area contributed by atoms with Crippen molar-refractivity contribution in [1.82, 2.24) is 25.5 Å². The van der Waals surface area contributed by atoms with Gasteiger partial charge in [0.25, 0.3) is 0 Å². The van der Waals surface area contributed by atoms with E-state index in [-0.39, 0.29) is 6.54 Å². The zero-order valence-electron chi connectivity index (χ0n) is 11.7. The number of carbonyl (C=O) groups is 2. The lowest BCUT2D eigenvalue weighted by atomic mass is 9.68. The summed E-state index contributed by atoms with van der Waals surface area (Å²) in [5.41, 5.74) is -0.460. The van der Waals surface area contributed by atoms with Gasteiger partial charge in [-0.05, 0) is 25.0 Å². The molecule has 0 aliphatic heterocycles. The molecule has 0 saturated heterocycles. The predicted octanol–water partition coefficient (Wildman–Crippen LogP) is 0.738. The molecular weight excluding hydrogens is 286 g/mol. The molecule has 0 spiro atoms. The highest BCUT2D eigenvalue weighted by Gasteiger charge is 2.51. The van der Waals surface area contributed by atoms with E-state index in [0.29, 0.717) is 24.5 Å². The van der Waals surface area contributed by atoms with E-state index >= 15 is 0 Å². The highest BCUT2D eigenvalue weighted by atomic mass is 16.4. The Morgan fingerprint density at radius 1 is 1.32 bits per heavy atom. The van der Waals surface area contributed by atoms with Crippen molar-refractivity contribution in [3.05, 3.63) is 30.4 Å². The first-order chi connectivity index (χ1) is 10.6. The molecule has 3 rings (SSSR count). The lowest BCUT2D eigenvalue weighted by Crippen LogP contribution is -2.50. The average Bonchev–Trinajstić information content (AvgIpc) is 2.93. The first-order valence-corrected chi connectivity index (χ1v) is 6.95. The fraction of sp³-hybridized carbons (Fsp3) is 0.357. The van der Waals surface area contributed by atoms with E-state index in [1.54, 1.807) is 24.5 Å². The second-order valence-corrected chi connectivity index (χ2v) is 5.27. The van der Waals surface area contributed by atoms with Gasteiger partial charge in [-0.3, -0.25) is 19.7 Å². The lowest BCUT2D eigenvalue weighted by molar-refractivity contribution is -0.162. The van der Waals surface area contributed by atoms with Crippen LogP contribution >= 0.6 is 0 Å². The molecule has 0 aromatic carbocycles. The number of nitrogens with zero attached hydrogens (tertiary/aromatic N) is 3. The van der Waals surface area contributed by atoms with E-state index in [2.05, 4.69) is 25.5 Å². The number of hydrogen-bond donors (Lipinski definition) is 3. The molecule has 2 aromatic heterocycles. The minimum absolute atomic E-state index is 0.117. The van der Waals surface area contributed by atoms with Gasteiger partial charge in [0.2, 0.25) is 5.91 Å². The number of rotatable bonds is 5. The van der Waals surface area contributed by atoms with Gasteiger partial charge in [-0.15, -0.1) is 0 Å². The van der Waals surface area contributed by atoms with Crippen LogP contribution in [0.25, 0.3) is 11.4 Å². The van der Waals surface area contributed by atoms with Crippen molar-refractivity contribution in [2.45, 2.75) is 25.8 Å². The quantitative estimate of drug-likeness (QED) is 0.700. The summed E-state index contributed by atoms with van der Waals surface area (Å²) in [6.45, 7) is 0.117. The maximum absolute atomic E-state index is 12.1. The van der Waals surface area contributed by atoms with Crippen LogP contribution in [0, 0.1) is 5.41 Å². The van der Waals surface area contributed by atoms with Crippen molar-refractivity contribution < 1.29 is 14.7 Å². The number of carboxylic acids is 1. The van der Waals surface area contributed by atoms with Gasteiger partial charge >= 0.3 is 5.97 Å². The Morgan fingerprint density at radius 3 is 2.64 bits per heavy atom. The Labute approximate surface area is 126 Å². The Kier molecular flexibility index (Phi) is 3.58. The minimum atomic E-state index is -1.27. The summed E-state index contributed by atoms with van der Waals surface area (Å²) >= 11 is 0. The number of hydrogen-bond acceptors (Lipinski definition) is 5. The van der Waals surface area contributed by atoms with Gasteiger partial charge in [0.05, 0.1) is 6.54 Å². The number of nitrogens with one attached hydrogen (secondary N) is 2. The van der Waals surface area contributed by atoms with Gasteiger partial charge in [-0.2, -0.15) is 5.10 Å². The molecule has 8 nitrogen and oxygen atoms in total. The zero-order valence-corrected chi connectivity index (χ0v) is 11.7. The summed E-state index contributed by atoms with van der Waals surface area (Å²) in [5, 5.41) is 18.6. The molecule has 2 heterocycles. The normalized spacial score (nSPS) is 15.8. The molecule has 0 radical (unpaired) electrons. The zero-order chi connectivity index (χ0) is 15.6. The van der Waals surface area contributed by atoms with Gasteiger partial charge in [0.1, 0.15) is 11.2 Å². The Balaban J connectivity index is 1.64. The molecule has 2 aromatic rings. The fourth-order valence-corrected chi connectivity index (χ4v) is 2.41. The molecule has 1 aliphatic rings. The summed E-state index contributed by atoms with van der Waals surface area (Å²) in [5.74, 6) is -0.553. The monoisotopic (exact) mass is 301 g/mol. The summed E-state index contributed by atoms with van der Waals surface area (Å²) in [7, 11) is 0. The summed E-state index contributed by atoms with van der Waals surface area (Å²) < 4.78 is 0. The molecule has 8 heteroatoms. The predicted molar refractivity (Wildman–Crippen MR) is 75.4 cm³/mol. The lowest BCUT2D eigenvalue weighted by Gasteiger charge is -2.35. The van der Waals surface area contributed by atoms with Crippen LogP contribution in [-0.2, 0) is 16.1 Å². The second-order valence-electron chi connectivity index (χ2n) is 5.27. The van der Waals surface area contributed by atoms with Crippen LogP contribution in [0.2, 0.25) is 0 Å². The summed E-state index contributed by atoms with van der Waals surface area (Å²) in [4.78, 5) is 31.5. The molecule has 0 unspecified atom stereocenters. The number of H-pyrrole nitrogens is 1. The minimum Gasteiger partial charge on any atom is -0.480 e. The van der Waals surface area contributed by atoms with Crippen LogP contribution in [0.4, 0.5) is 0 Å². The highest BCUT2D eigenvalue weighted by molar-refractivity contribution is 6.02. The van der Waals surface area contributed by atoms with Crippen molar-refractivity contribution in [1.29, 1.82) is 0 Å². The van der Waals surface area contributed by atoms with Crippen LogP contribution in [0.1, 0.15) is 25.1 Å². The summed E-state index contributed by atoms with van der Waals surface area (Å²) in [6, 6.07) is 3.55. The largest absolute Gasteiger partial charge is 0.480 e. The molecular formula is C14H15N5O3. The number of amides is 1. The third-order valence-corrected chi connectivity index (χ3v) is 3.94. The van der Waals surface area contributed by atoms with E-state index in [1.165, 1.54) is 0 Å². The van der Waals surface area contributed by atoms with Crippen molar-refractivity contribution in [2.24, 2.45) is 5.41 Å². The van der Waals surface area contributed by atoms with E-state index in [4.69, 9.17) is 0 Å². The van der Waals surface area contributed by atoms with Crippen LogP contribution in [-0.4, -0.2) is 37.1 Å². The van der Waals surface area contributed by atoms with Crippen LogP contribution in [0.15, 0.2) is 24.5 Å². The maximum Gasteiger partial charge on any atom is 0.319 e. The standard InChI is InChI=1S/C14H15N5O3/c20-12(14(13(21)22)4-1-5-14)16-8-10-17-11(19-18-10)9-2-6-15-7-3-9/h2-3,6-7H,1,4-5,8H2,(H,16,20)(H,21,22)(H,17,18,19). The van der Waals surface area contributed by atoms with E-state index < -0.39 is 17.3 Å². The third kappa shape index (κ3) is 2.43.